The third kappa shape index (κ3) is 5.97. The number of aryl methyl sites for hydroxylation is 1. The van der Waals surface area contributed by atoms with Crippen LogP contribution in [0.15, 0.2) is 77.0 Å². The summed E-state index contributed by atoms with van der Waals surface area (Å²) in [6.45, 7) is 10.3. The van der Waals surface area contributed by atoms with E-state index >= 15 is 0 Å². The van der Waals surface area contributed by atoms with E-state index in [1.165, 1.54) is 17.9 Å². The molecule has 2 N–H and O–H groups in total. The lowest BCUT2D eigenvalue weighted by Crippen LogP contribution is -2.36. The Balaban J connectivity index is 1.79. The molecule has 0 bridgehead atoms. The molecular formula is C27H30N2O3. The number of amides is 2. The van der Waals surface area contributed by atoms with Gasteiger partial charge in [-0.3, -0.25) is 9.59 Å². The summed E-state index contributed by atoms with van der Waals surface area (Å²) in [5.74, 6) is -0.277. The number of carbonyl (C=O) groups excluding carboxylic acids is 2. The summed E-state index contributed by atoms with van der Waals surface area (Å²) in [6.07, 6.45) is 3.04. The first kappa shape index (κ1) is 23.1. The number of benzene rings is 2. The van der Waals surface area contributed by atoms with Gasteiger partial charge < -0.3 is 15.1 Å². The molecule has 0 aliphatic carbocycles. The van der Waals surface area contributed by atoms with Crippen LogP contribution in [0.5, 0.6) is 0 Å². The van der Waals surface area contributed by atoms with Gasteiger partial charge in [-0.05, 0) is 54.7 Å². The van der Waals surface area contributed by atoms with Crippen LogP contribution in [0.2, 0.25) is 0 Å². The molecule has 2 amide bonds. The second kappa shape index (κ2) is 9.69. The number of hydrogen-bond acceptors (Lipinski definition) is 3. The smallest absolute Gasteiger partial charge is 0.268 e. The average Bonchev–Trinajstić information content (AvgIpc) is 3.25. The Morgan fingerprint density at radius 1 is 1.00 bits per heavy atom. The highest BCUT2D eigenvalue weighted by atomic mass is 16.3. The molecule has 166 valence electrons. The lowest BCUT2D eigenvalue weighted by molar-refractivity contribution is -0.118. The molecule has 0 aliphatic rings. The van der Waals surface area contributed by atoms with Gasteiger partial charge in [0.05, 0.1) is 12.3 Å². The number of nitrogens with one attached hydrogen (secondary N) is 2. The van der Waals surface area contributed by atoms with Crippen molar-refractivity contribution in [3.05, 3.63) is 101 Å². The second-order valence-corrected chi connectivity index (χ2v) is 8.96. The molecule has 0 aliphatic heterocycles. The van der Waals surface area contributed by atoms with Crippen LogP contribution in [0.4, 0.5) is 0 Å². The van der Waals surface area contributed by atoms with Crippen molar-refractivity contribution in [3.8, 4) is 0 Å². The van der Waals surface area contributed by atoms with E-state index in [9.17, 15) is 9.59 Å². The van der Waals surface area contributed by atoms with Crippen molar-refractivity contribution in [2.75, 3.05) is 0 Å². The Labute approximate surface area is 189 Å². The van der Waals surface area contributed by atoms with Crippen molar-refractivity contribution in [2.45, 2.75) is 46.1 Å². The predicted molar refractivity (Wildman–Crippen MR) is 127 cm³/mol. The first-order valence-electron chi connectivity index (χ1n) is 10.7. The van der Waals surface area contributed by atoms with Crippen molar-refractivity contribution in [3.63, 3.8) is 0 Å². The molecule has 0 saturated heterocycles. The van der Waals surface area contributed by atoms with Crippen molar-refractivity contribution in [2.24, 2.45) is 0 Å². The SMILES string of the molecule is Cc1cccc(C(=O)N/C(=C\c2ccco2)C(=O)NC(C)c2ccc(C(C)(C)C)cc2)c1. The Hall–Kier alpha value is -3.60. The molecule has 0 saturated carbocycles. The second-order valence-electron chi connectivity index (χ2n) is 8.96. The van der Waals surface area contributed by atoms with Gasteiger partial charge in [-0.1, -0.05) is 62.7 Å². The maximum Gasteiger partial charge on any atom is 0.268 e. The number of rotatable bonds is 6. The van der Waals surface area contributed by atoms with E-state index in [1.807, 2.05) is 38.1 Å². The Morgan fingerprint density at radius 2 is 1.72 bits per heavy atom. The summed E-state index contributed by atoms with van der Waals surface area (Å²) >= 11 is 0. The van der Waals surface area contributed by atoms with Gasteiger partial charge in [0.15, 0.2) is 0 Å². The van der Waals surface area contributed by atoms with Crippen molar-refractivity contribution < 1.29 is 14.0 Å². The summed E-state index contributed by atoms with van der Waals surface area (Å²) < 4.78 is 5.35. The largest absolute Gasteiger partial charge is 0.465 e. The maximum absolute atomic E-state index is 13.1. The normalized spacial score (nSPS) is 12.8. The molecular weight excluding hydrogens is 400 g/mol. The van der Waals surface area contributed by atoms with Crippen molar-refractivity contribution in [1.29, 1.82) is 0 Å². The van der Waals surface area contributed by atoms with E-state index in [0.29, 0.717) is 11.3 Å². The molecule has 32 heavy (non-hydrogen) atoms. The highest BCUT2D eigenvalue weighted by Crippen LogP contribution is 2.24. The Kier molecular flexibility index (Phi) is 6.98. The zero-order valence-electron chi connectivity index (χ0n) is 19.2. The minimum absolute atomic E-state index is 0.0596. The molecule has 5 nitrogen and oxygen atoms in total. The highest BCUT2D eigenvalue weighted by Gasteiger charge is 2.19. The molecule has 5 heteroatoms. The quantitative estimate of drug-likeness (QED) is 0.505. The maximum atomic E-state index is 13.1. The van der Waals surface area contributed by atoms with Crippen LogP contribution < -0.4 is 10.6 Å². The first-order valence-corrected chi connectivity index (χ1v) is 10.7. The monoisotopic (exact) mass is 430 g/mol. The fourth-order valence-corrected chi connectivity index (χ4v) is 3.28. The lowest BCUT2D eigenvalue weighted by atomic mass is 9.86. The standard InChI is InChI=1S/C27H30N2O3/c1-18-8-6-9-21(16-18)25(30)29-24(17-23-10-7-15-32-23)26(31)28-19(2)20-11-13-22(14-12-20)27(3,4)5/h6-17,19H,1-5H3,(H,28,31)(H,29,30)/b24-17-. The van der Waals surface area contributed by atoms with E-state index in [-0.39, 0.29) is 23.1 Å². The first-order chi connectivity index (χ1) is 15.1. The summed E-state index contributed by atoms with van der Waals surface area (Å²) in [5.41, 5.74) is 3.83. The summed E-state index contributed by atoms with van der Waals surface area (Å²) in [5, 5.41) is 5.71. The minimum Gasteiger partial charge on any atom is -0.465 e. The molecule has 1 unspecified atom stereocenters. The van der Waals surface area contributed by atoms with Gasteiger partial charge in [-0.15, -0.1) is 0 Å². The highest BCUT2D eigenvalue weighted by molar-refractivity contribution is 6.05. The minimum atomic E-state index is -0.394. The Bertz CT molecular complexity index is 1100. The van der Waals surface area contributed by atoms with Crippen molar-refractivity contribution >= 4 is 17.9 Å². The van der Waals surface area contributed by atoms with E-state index in [1.54, 1.807) is 24.3 Å². The number of carbonyl (C=O) groups is 2. The Morgan fingerprint density at radius 3 is 2.31 bits per heavy atom. The van der Waals surface area contributed by atoms with Gasteiger partial charge in [0.1, 0.15) is 11.5 Å². The molecule has 3 rings (SSSR count). The molecule has 0 radical (unpaired) electrons. The van der Waals surface area contributed by atoms with Gasteiger partial charge >= 0.3 is 0 Å². The van der Waals surface area contributed by atoms with Gasteiger partial charge in [-0.25, -0.2) is 0 Å². The van der Waals surface area contributed by atoms with Gasteiger partial charge in [-0.2, -0.15) is 0 Å². The third-order valence-corrected chi connectivity index (χ3v) is 5.23. The van der Waals surface area contributed by atoms with E-state index in [2.05, 4.69) is 43.5 Å². The van der Waals surface area contributed by atoms with Crippen LogP contribution in [-0.4, -0.2) is 11.8 Å². The third-order valence-electron chi connectivity index (χ3n) is 5.23. The molecule has 3 aromatic rings. The summed E-state index contributed by atoms with van der Waals surface area (Å²) in [6, 6.07) is 18.6. The van der Waals surface area contributed by atoms with E-state index in [4.69, 9.17) is 4.42 Å². The van der Waals surface area contributed by atoms with Gasteiger partial charge in [0.25, 0.3) is 11.8 Å². The fourth-order valence-electron chi connectivity index (χ4n) is 3.28. The van der Waals surface area contributed by atoms with Crippen LogP contribution in [0.1, 0.15) is 66.5 Å². The van der Waals surface area contributed by atoms with Crippen LogP contribution in [0.25, 0.3) is 6.08 Å². The summed E-state index contributed by atoms with van der Waals surface area (Å²) in [4.78, 5) is 25.8. The molecule has 1 aromatic heterocycles. The molecule has 2 aromatic carbocycles. The topological polar surface area (TPSA) is 71.3 Å². The van der Waals surface area contributed by atoms with Crippen LogP contribution >= 0.6 is 0 Å². The number of furan rings is 1. The van der Waals surface area contributed by atoms with Crippen LogP contribution in [0, 0.1) is 6.92 Å². The molecule has 0 fully saturated rings. The molecule has 1 atom stereocenters. The van der Waals surface area contributed by atoms with Crippen LogP contribution in [0.3, 0.4) is 0 Å². The van der Waals surface area contributed by atoms with Crippen LogP contribution in [-0.2, 0) is 10.2 Å². The average molecular weight is 431 g/mol. The van der Waals surface area contributed by atoms with E-state index in [0.717, 1.165) is 11.1 Å². The zero-order chi connectivity index (χ0) is 23.3. The number of hydrogen-bond donors (Lipinski definition) is 2. The molecule has 1 heterocycles. The fraction of sp³-hybridized carbons (Fsp3) is 0.259. The van der Waals surface area contributed by atoms with E-state index < -0.39 is 5.91 Å². The lowest BCUT2D eigenvalue weighted by Gasteiger charge is -2.21. The van der Waals surface area contributed by atoms with Gasteiger partial charge in [0, 0.05) is 11.6 Å². The van der Waals surface area contributed by atoms with Crippen molar-refractivity contribution in [1.82, 2.24) is 10.6 Å². The zero-order valence-corrected chi connectivity index (χ0v) is 19.2. The summed E-state index contributed by atoms with van der Waals surface area (Å²) in [7, 11) is 0. The van der Waals surface area contributed by atoms with Gasteiger partial charge in [0.2, 0.25) is 0 Å². The predicted octanol–water partition coefficient (Wildman–Crippen LogP) is 5.53. The molecule has 0 spiro atoms.